The van der Waals surface area contributed by atoms with E-state index in [2.05, 4.69) is 16.5 Å². The molecule has 0 amide bonds. The summed E-state index contributed by atoms with van der Waals surface area (Å²) < 4.78 is 2.02. The Labute approximate surface area is 132 Å². The van der Waals surface area contributed by atoms with E-state index in [1.54, 1.807) is 12.1 Å². The van der Waals surface area contributed by atoms with Gasteiger partial charge >= 0.3 is 0 Å². The molecule has 1 aliphatic rings. The molecular formula is C18H25N3O. The number of hydrogen-bond donors (Lipinski definition) is 2. The van der Waals surface area contributed by atoms with Crippen LogP contribution in [-0.2, 0) is 13.6 Å². The van der Waals surface area contributed by atoms with Crippen molar-refractivity contribution in [2.24, 2.45) is 13.0 Å². The van der Waals surface area contributed by atoms with Gasteiger partial charge in [0.05, 0.1) is 18.1 Å². The monoisotopic (exact) mass is 299 g/mol. The van der Waals surface area contributed by atoms with Crippen LogP contribution in [0.4, 0.5) is 0 Å². The zero-order chi connectivity index (χ0) is 15.4. The number of aromatic nitrogens is 2. The van der Waals surface area contributed by atoms with E-state index in [1.165, 1.54) is 37.7 Å². The molecule has 4 heteroatoms. The van der Waals surface area contributed by atoms with Gasteiger partial charge in [-0.3, -0.25) is 0 Å². The van der Waals surface area contributed by atoms with Gasteiger partial charge in [0, 0.05) is 19.8 Å². The maximum absolute atomic E-state index is 9.39. The van der Waals surface area contributed by atoms with Gasteiger partial charge in [0.2, 0.25) is 0 Å². The summed E-state index contributed by atoms with van der Waals surface area (Å²) in [6, 6.07) is 7.74. The average molecular weight is 299 g/mol. The predicted molar refractivity (Wildman–Crippen MR) is 87.5 cm³/mol. The van der Waals surface area contributed by atoms with Crippen LogP contribution in [0.3, 0.4) is 0 Å². The molecule has 1 atom stereocenters. The molecule has 0 saturated heterocycles. The van der Waals surface area contributed by atoms with Crippen molar-refractivity contribution in [2.75, 3.05) is 0 Å². The highest BCUT2D eigenvalue weighted by atomic mass is 16.3. The summed E-state index contributed by atoms with van der Waals surface area (Å²) in [5, 5.41) is 13.1. The number of aromatic hydroxyl groups is 1. The number of imidazole rings is 1. The zero-order valence-electron chi connectivity index (χ0n) is 13.2. The summed E-state index contributed by atoms with van der Waals surface area (Å²) >= 11 is 0. The molecule has 2 N–H and O–H groups in total. The van der Waals surface area contributed by atoms with Crippen molar-refractivity contribution in [3.8, 4) is 5.75 Å². The van der Waals surface area contributed by atoms with E-state index in [9.17, 15) is 5.11 Å². The van der Waals surface area contributed by atoms with Gasteiger partial charge in [0.1, 0.15) is 5.75 Å². The second-order valence-electron chi connectivity index (χ2n) is 6.39. The first-order valence-electron chi connectivity index (χ1n) is 8.21. The smallest absolute Gasteiger partial charge is 0.115 e. The molecule has 1 unspecified atom stereocenters. The topological polar surface area (TPSA) is 50.1 Å². The van der Waals surface area contributed by atoms with Gasteiger partial charge in [-0.05, 0) is 36.5 Å². The summed E-state index contributed by atoms with van der Waals surface area (Å²) in [5.41, 5.74) is 2.34. The van der Waals surface area contributed by atoms with Crippen molar-refractivity contribution < 1.29 is 5.11 Å². The van der Waals surface area contributed by atoms with Crippen molar-refractivity contribution in [3.05, 3.63) is 48.0 Å². The Morgan fingerprint density at radius 1 is 1.23 bits per heavy atom. The van der Waals surface area contributed by atoms with E-state index in [1.807, 2.05) is 30.1 Å². The Kier molecular flexibility index (Phi) is 4.78. The third-order valence-corrected chi connectivity index (χ3v) is 4.63. The fraction of sp³-hybridized carbons (Fsp3) is 0.500. The largest absolute Gasteiger partial charge is 0.508 e. The highest BCUT2D eigenvalue weighted by molar-refractivity contribution is 5.26. The third-order valence-electron chi connectivity index (χ3n) is 4.63. The van der Waals surface area contributed by atoms with Crippen LogP contribution < -0.4 is 5.32 Å². The summed E-state index contributed by atoms with van der Waals surface area (Å²) in [6.45, 7) is 0.804. The molecular weight excluding hydrogens is 274 g/mol. The van der Waals surface area contributed by atoms with E-state index in [0.717, 1.165) is 12.2 Å². The number of nitrogens with zero attached hydrogens (tertiary/aromatic N) is 2. The molecule has 0 radical (unpaired) electrons. The number of hydrogen-bond acceptors (Lipinski definition) is 3. The second kappa shape index (κ2) is 6.97. The number of phenolic OH excluding ortho intramolecular Hbond substituents is 1. The molecule has 0 bridgehead atoms. The molecule has 2 aromatic rings. The summed E-state index contributed by atoms with van der Waals surface area (Å²) in [7, 11) is 2.02. The molecule has 1 aliphatic carbocycles. The fourth-order valence-corrected chi connectivity index (χ4v) is 3.42. The van der Waals surface area contributed by atoms with E-state index < -0.39 is 0 Å². The van der Waals surface area contributed by atoms with Gasteiger partial charge in [0.25, 0.3) is 0 Å². The van der Waals surface area contributed by atoms with Gasteiger partial charge in [-0.1, -0.05) is 31.4 Å². The van der Waals surface area contributed by atoms with Crippen molar-refractivity contribution >= 4 is 0 Å². The standard InChI is InChI=1S/C18H25N3O/c1-21-12-17(20-13-21)18(15-5-3-2-4-6-15)19-11-14-7-9-16(22)10-8-14/h7-10,12-13,15,18-19,22H,2-6,11H2,1H3. The number of nitrogens with one attached hydrogen (secondary N) is 1. The summed E-state index contributed by atoms with van der Waals surface area (Å²) in [6.07, 6.45) is 10.6. The van der Waals surface area contributed by atoms with Gasteiger partial charge in [-0.2, -0.15) is 0 Å². The van der Waals surface area contributed by atoms with Crippen molar-refractivity contribution in [2.45, 2.75) is 44.7 Å². The van der Waals surface area contributed by atoms with Gasteiger partial charge < -0.3 is 15.0 Å². The first-order valence-corrected chi connectivity index (χ1v) is 8.21. The average Bonchev–Trinajstić information content (AvgIpc) is 2.97. The Hall–Kier alpha value is -1.81. The molecule has 22 heavy (non-hydrogen) atoms. The number of phenols is 1. The molecule has 1 fully saturated rings. The highest BCUT2D eigenvalue weighted by Crippen LogP contribution is 2.34. The van der Waals surface area contributed by atoms with Crippen LogP contribution >= 0.6 is 0 Å². The van der Waals surface area contributed by atoms with Crippen LogP contribution in [0.5, 0.6) is 5.75 Å². The molecule has 1 heterocycles. The molecule has 1 aromatic carbocycles. The molecule has 118 valence electrons. The van der Waals surface area contributed by atoms with Crippen LogP contribution in [0.25, 0.3) is 0 Å². The van der Waals surface area contributed by atoms with Crippen LogP contribution in [0.15, 0.2) is 36.8 Å². The normalized spacial score (nSPS) is 17.5. The van der Waals surface area contributed by atoms with E-state index >= 15 is 0 Å². The third kappa shape index (κ3) is 3.69. The SMILES string of the molecule is Cn1cnc(C(NCc2ccc(O)cc2)C2CCCCC2)c1. The minimum Gasteiger partial charge on any atom is -0.508 e. The van der Waals surface area contributed by atoms with E-state index in [4.69, 9.17) is 0 Å². The number of aryl methyl sites for hydroxylation is 1. The lowest BCUT2D eigenvalue weighted by molar-refractivity contribution is 0.266. The highest BCUT2D eigenvalue weighted by Gasteiger charge is 2.26. The minimum atomic E-state index is 0.315. The van der Waals surface area contributed by atoms with Crippen molar-refractivity contribution in [1.29, 1.82) is 0 Å². The van der Waals surface area contributed by atoms with Crippen LogP contribution in [0, 0.1) is 5.92 Å². The Morgan fingerprint density at radius 2 is 1.95 bits per heavy atom. The maximum atomic E-state index is 9.39. The molecule has 3 rings (SSSR count). The lowest BCUT2D eigenvalue weighted by Crippen LogP contribution is -2.29. The molecule has 1 aromatic heterocycles. The van der Waals surface area contributed by atoms with E-state index in [0.29, 0.717) is 17.7 Å². The maximum Gasteiger partial charge on any atom is 0.115 e. The lowest BCUT2D eigenvalue weighted by Gasteiger charge is -2.30. The van der Waals surface area contributed by atoms with Gasteiger partial charge in [-0.25, -0.2) is 4.98 Å². The fourth-order valence-electron chi connectivity index (χ4n) is 3.42. The Morgan fingerprint density at radius 3 is 2.59 bits per heavy atom. The first-order chi connectivity index (χ1) is 10.7. The molecule has 0 aliphatic heterocycles. The first kappa shape index (κ1) is 15.1. The van der Waals surface area contributed by atoms with Crippen LogP contribution in [0.2, 0.25) is 0 Å². The molecule has 0 spiro atoms. The number of benzene rings is 1. The van der Waals surface area contributed by atoms with Crippen molar-refractivity contribution in [3.63, 3.8) is 0 Å². The molecule has 4 nitrogen and oxygen atoms in total. The summed E-state index contributed by atoms with van der Waals surface area (Å²) in [5.74, 6) is 0.984. The molecule has 1 saturated carbocycles. The van der Waals surface area contributed by atoms with E-state index in [-0.39, 0.29) is 0 Å². The lowest BCUT2D eigenvalue weighted by atomic mass is 9.82. The zero-order valence-corrected chi connectivity index (χ0v) is 13.2. The predicted octanol–water partition coefficient (Wildman–Crippen LogP) is 3.54. The summed E-state index contributed by atoms with van der Waals surface area (Å²) in [4.78, 5) is 4.58. The Balaban J connectivity index is 1.71. The quantitative estimate of drug-likeness (QED) is 0.888. The van der Waals surface area contributed by atoms with Crippen LogP contribution in [-0.4, -0.2) is 14.7 Å². The second-order valence-corrected chi connectivity index (χ2v) is 6.39. The van der Waals surface area contributed by atoms with Crippen LogP contribution in [0.1, 0.15) is 49.4 Å². The van der Waals surface area contributed by atoms with Gasteiger partial charge in [0.15, 0.2) is 0 Å². The minimum absolute atomic E-state index is 0.315. The Bertz CT molecular complexity index is 585. The van der Waals surface area contributed by atoms with Crippen molar-refractivity contribution in [1.82, 2.24) is 14.9 Å². The van der Waals surface area contributed by atoms with Gasteiger partial charge in [-0.15, -0.1) is 0 Å². The number of rotatable bonds is 5.